The number of carbonyl (C=O) groups is 2. The van der Waals surface area contributed by atoms with Crippen molar-refractivity contribution in [3.63, 3.8) is 0 Å². The van der Waals surface area contributed by atoms with Crippen LogP contribution in [0.15, 0.2) is 30.3 Å². The van der Waals surface area contributed by atoms with Gasteiger partial charge in [0.05, 0.1) is 11.1 Å². The van der Waals surface area contributed by atoms with Crippen LogP contribution < -0.4 is 5.32 Å². The van der Waals surface area contributed by atoms with E-state index in [9.17, 15) is 9.59 Å². The van der Waals surface area contributed by atoms with Crippen LogP contribution in [0.25, 0.3) is 10.9 Å². The predicted octanol–water partition coefficient (Wildman–Crippen LogP) is 2.92. The Morgan fingerprint density at radius 2 is 1.96 bits per heavy atom. The van der Waals surface area contributed by atoms with Crippen molar-refractivity contribution in [2.24, 2.45) is 5.92 Å². The number of amides is 2. The largest absolute Gasteiger partial charge is 0.356 e. The molecule has 0 spiro atoms. The van der Waals surface area contributed by atoms with E-state index in [2.05, 4.69) is 10.3 Å². The number of hydrogen-bond donors (Lipinski definition) is 1. The topological polar surface area (TPSA) is 62.3 Å². The molecule has 2 aromatic rings. The van der Waals surface area contributed by atoms with E-state index in [4.69, 9.17) is 0 Å². The van der Waals surface area contributed by atoms with Gasteiger partial charge in [0.1, 0.15) is 0 Å². The van der Waals surface area contributed by atoms with Gasteiger partial charge in [-0.25, -0.2) is 0 Å². The van der Waals surface area contributed by atoms with Gasteiger partial charge in [-0.3, -0.25) is 14.6 Å². The third-order valence-electron chi connectivity index (χ3n) is 4.78. The third-order valence-corrected chi connectivity index (χ3v) is 4.78. The molecule has 1 aliphatic rings. The Hall–Kier alpha value is -2.43. The first-order valence-corrected chi connectivity index (χ1v) is 9.03. The second-order valence-electron chi connectivity index (χ2n) is 6.69. The fraction of sp³-hybridized carbons (Fsp3) is 0.450. The van der Waals surface area contributed by atoms with Crippen LogP contribution in [0, 0.1) is 12.8 Å². The number of fused-ring (bicyclic) bond motifs is 1. The Kier molecular flexibility index (Phi) is 5.31. The molecule has 0 atom stereocenters. The third kappa shape index (κ3) is 3.81. The lowest BCUT2D eigenvalue weighted by atomic mass is 9.95. The van der Waals surface area contributed by atoms with Gasteiger partial charge in [-0.1, -0.05) is 25.1 Å². The molecule has 1 aromatic heterocycles. The highest BCUT2D eigenvalue weighted by Crippen LogP contribution is 2.23. The van der Waals surface area contributed by atoms with Crippen molar-refractivity contribution < 1.29 is 9.59 Å². The zero-order chi connectivity index (χ0) is 17.8. The van der Waals surface area contributed by atoms with Gasteiger partial charge in [0.25, 0.3) is 5.91 Å². The maximum Gasteiger partial charge on any atom is 0.254 e. The smallest absolute Gasteiger partial charge is 0.254 e. The minimum atomic E-state index is 0.0199. The number of pyridine rings is 1. The van der Waals surface area contributed by atoms with Gasteiger partial charge in [0.2, 0.25) is 5.91 Å². The van der Waals surface area contributed by atoms with Crippen LogP contribution >= 0.6 is 0 Å². The fourth-order valence-electron chi connectivity index (χ4n) is 3.39. The summed E-state index contributed by atoms with van der Waals surface area (Å²) in [5, 5.41) is 3.85. The maximum absolute atomic E-state index is 13.0. The quantitative estimate of drug-likeness (QED) is 0.931. The van der Waals surface area contributed by atoms with Crippen molar-refractivity contribution in [2.75, 3.05) is 19.6 Å². The minimum absolute atomic E-state index is 0.0199. The lowest BCUT2D eigenvalue weighted by molar-refractivity contribution is -0.126. The fourth-order valence-corrected chi connectivity index (χ4v) is 3.39. The lowest BCUT2D eigenvalue weighted by Gasteiger charge is -2.31. The standard InChI is InChI=1S/C20H25N3O2/c1-3-10-21-19(24)15-8-11-23(12-9-15)20(25)17-13-14(2)22-18-7-5-4-6-16(17)18/h4-7,13,15H,3,8-12H2,1-2H3,(H,21,24). The molecule has 2 heterocycles. The van der Waals surface area contributed by atoms with Crippen molar-refractivity contribution in [2.45, 2.75) is 33.1 Å². The number of benzene rings is 1. The number of nitrogens with zero attached hydrogens (tertiary/aromatic N) is 2. The van der Waals surface area contributed by atoms with Gasteiger partial charge in [0, 0.05) is 36.6 Å². The lowest BCUT2D eigenvalue weighted by Crippen LogP contribution is -2.43. The van der Waals surface area contributed by atoms with Gasteiger partial charge in [-0.05, 0) is 38.3 Å². The normalized spacial score (nSPS) is 15.4. The Morgan fingerprint density at radius 3 is 2.68 bits per heavy atom. The summed E-state index contributed by atoms with van der Waals surface area (Å²) >= 11 is 0. The minimum Gasteiger partial charge on any atom is -0.356 e. The van der Waals surface area contributed by atoms with Crippen molar-refractivity contribution in [1.82, 2.24) is 15.2 Å². The molecule has 5 heteroatoms. The van der Waals surface area contributed by atoms with Crippen molar-refractivity contribution in [1.29, 1.82) is 0 Å². The molecule has 1 N–H and O–H groups in total. The summed E-state index contributed by atoms with van der Waals surface area (Å²) < 4.78 is 0. The summed E-state index contributed by atoms with van der Waals surface area (Å²) in [5.74, 6) is 0.180. The summed E-state index contributed by atoms with van der Waals surface area (Å²) in [4.78, 5) is 31.5. The number of piperidine rings is 1. The van der Waals surface area contributed by atoms with Crippen LogP contribution in [-0.2, 0) is 4.79 Å². The van der Waals surface area contributed by atoms with Crippen LogP contribution in [0.1, 0.15) is 42.2 Å². The first-order valence-electron chi connectivity index (χ1n) is 9.03. The predicted molar refractivity (Wildman–Crippen MR) is 98.4 cm³/mol. The average molecular weight is 339 g/mol. The monoisotopic (exact) mass is 339 g/mol. The Labute approximate surface area is 148 Å². The van der Waals surface area contributed by atoms with Crippen molar-refractivity contribution >= 4 is 22.7 Å². The highest BCUT2D eigenvalue weighted by molar-refractivity contribution is 6.06. The van der Waals surface area contributed by atoms with Crippen LogP contribution in [0.4, 0.5) is 0 Å². The van der Waals surface area contributed by atoms with Gasteiger partial charge in [0.15, 0.2) is 0 Å². The van der Waals surface area contributed by atoms with E-state index >= 15 is 0 Å². The van der Waals surface area contributed by atoms with Crippen LogP contribution in [0.5, 0.6) is 0 Å². The Balaban J connectivity index is 1.72. The molecule has 132 valence electrons. The highest BCUT2D eigenvalue weighted by Gasteiger charge is 2.28. The number of likely N-dealkylation sites (tertiary alicyclic amines) is 1. The first-order chi connectivity index (χ1) is 12.1. The van der Waals surface area contributed by atoms with Crippen molar-refractivity contribution in [3.05, 3.63) is 41.6 Å². The molecule has 1 aromatic carbocycles. The molecule has 5 nitrogen and oxygen atoms in total. The number of para-hydroxylation sites is 1. The molecule has 1 saturated heterocycles. The van der Waals surface area contributed by atoms with Crippen LogP contribution in [0.2, 0.25) is 0 Å². The molecule has 3 rings (SSSR count). The van der Waals surface area contributed by atoms with Gasteiger partial charge in [-0.2, -0.15) is 0 Å². The molecule has 0 unspecified atom stereocenters. The molecule has 1 aliphatic heterocycles. The highest BCUT2D eigenvalue weighted by atomic mass is 16.2. The second-order valence-corrected chi connectivity index (χ2v) is 6.69. The average Bonchev–Trinajstić information content (AvgIpc) is 2.65. The number of rotatable bonds is 4. The Bertz CT molecular complexity index is 780. The summed E-state index contributed by atoms with van der Waals surface area (Å²) in [5.41, 5.74) is 2.40. The van der Waals surface area contributed by atoms with Gasteiger partial charge < -0.3 is 10.2 Å². The van der Waals surface area contributed by atoms with Gasteiger partial charge >= 0.3 is 0 Å². The van der Waals surface area contributed by atoms with E-state index in [1.165, 1.54) is 0 Å². The van der Waals surface area contributed by atoms with E-state index in [1.54, 1.807) is 0 Å². The second kappa shape index (κ2) is 7.64. The van der Waals surface area contributed by atoms with E-state index in [0.717, 1.165) is 42.4 Å². The van der Waals surface area contributed by atoms with Crippen LogP contribution in [-0.4, -0.2) is 41.3 Å². The zero-order valence-corrected chi connectivity index (χ0v) is 14.9. The number of nitrogens with one attached hydrogen (secondary N) is 1. The van der Waals surface area contributed by atoms with E-state index in [0.29, 0.717) is 18.7 Å². The molecule has 0 aliphatic carbocycles. The molecule has 0 radical (unpaired) electrons. The molecule has 0 bridgehead atoms. The van der Waals surface area contributed by atoms with E-state index in [1.807, 2.05) is 49.1 Å². The molecule has 2 amide bonds. The zero-order valence-electron chi connectivity index (χ0n) is 14.9. The molecule has 1 fully saturated rings. The SMILES string of the molecule is CCCNC(=O)C1CCN(C(=O)c2cc(C)nc3ccccc23)CC1. The summed E-state index contributed by atoms with van der Waals surface area (Å²) in [6.07, 6.45) is 2.39. The first kappa shape index (κ1) is 17.4. The molecule has 0 saturated carbocycles. The molecular weight excluding hydrogens is 314 g/mol. The van der Waals surface area contributed by atoms with Crippen molar-refractivity contribution in [3.8, 4) is 0 Å². The van der Waals surface area contributed by atoms with Crippen LogP contribution in [0.3, 0.4) is 0 Å². The molecule has 25 heavy (non-hydrogen) atoms. The summed E-state index contributed by atoms with van der Waals surface area (Å²) in [6.45, 7) is 5.92. The maximum atomic E-state index is 13.0. The number of aryl methyl sites for hydroxylation is 1. The Morgan fingerprint density at radius 1 is 1.24 bits per heavy atom. The summed E-state index contributed by atoms with van der Waals surface area (Å²) in [6, 6.07) is 9.61. The number of hydrogen-bond acceptors (Lipinski definition) is 3. The van der Waals surface area contributed by atoms with E-state index < -0.39 is 0 Å². The summed E-state index contributed by atoms with van der Waals surface area (Å²) in [7, 11) is 0. The number of carbonyl (C=O) groups excluding carboxylic acids is 2. The van der Waals surface area contributed by atoms with E-state index in [-0.39, 0.29) is 17.7 Å². The van der Waals surface area contributed by atoms with Gasteiger partial charge in [-0.15, -0.1) is 0 Å². The molecular formula is C20H25N3O2. The number of aromatic nitrogens is 1.